The van der Waals surface area contributed by atoms with Crippen LogP contribution < -0.4 is 5.32 Å². The number of likely N-dealkylation sites (N-methyl/N-ethyl adjacent to an activating group) is 1. The first-order chi connectivity index (χ1) is 34.4. The van der Waals surface area contributed by atoms with Crippen molar-refractivity contribution in [1.82, 2.24) is 5.32 Å². The van der Waals surface area contributed by atoms with Gasteiger partial charge in [-0.3, -0.25) is 13.8 Å². The number of allylic oxidation sites excluding steroid dienone is 6. The number of carbonyl (C=O) groups excluding carboxylic acids is 1. The lowest BCUT2D eigenvalue weighted by Crippen LogP contribution is -2.51. The summed E-state index contributed by atoms with van der Waals surface area (Å²) in [5.41, 5.74) is 0. The minimum absolute atomic E-state index is 0.0150. The molecular formula is C61H120N2O7P+. The molecule has 0 aliphatic carbocycles. The van der Waals surface area contributed by atoms with Crippen molar-refractivity contribution >= 4 is 13.7 Å². The predicted molar refractivity (Wildman–Crippen MR) is 306 cm³/mol. The van der Waals surface area contributed by atoms with Crippen LogP contribution >= 0.6 is 7.82 Å². The fourth-order valence-corrected chi connectivity index (χ4v) is 9.83. The van der Waals surface area contributed by atoms with E-state index in [1.54, 1.807) is 0 Å². The summed E-state index contributed by atoms with van der Waals surface area (Å²) >= 11 is 0. The number of phosphoric ester groups is 1. The van der Waals surface area contributed by atoms with E-state index in [0.717, 1.165) is 44.9 Å². The number of unbranched alkanes of at least 4 members (excludes halogenated alkanes) is 36. The largest absolute Gasteiger partial charge is 0.472 e. The van der Waals surface area contributed by atoms with E-state index < -0.39 is 32.7 Å². The number of phosphoric acid groups is 1. The van der Waals surface area contributed by atoms with Gasteiger partial charge in [-0.15, -0.1) is 0 Å². The molecule has 10 heteroatoms. The van der Waals surface area contributed by atoms with Gasteiger partial charge in [0.2, 0.25) is 5.91 Å². The van der Waals surface area contributed by atoms with Crippen LogP contribution in [0.2, 0.25) is 0 Å². The summed E-state index contributed by atoms with van der Waals surface area (Å²) in [7, 11) is 1.42. The van der Waals surface area contributed by atoms with Gasteiger partial charge in [-0.25, -0.2) is 4.57 Å². The van der Waals surface area contributed by atoms with Crippen molar-refractivity contribution in [3.8, 4) is 0 Å². The van der Waals surface area contributed by atoms with Gasteiger partial charge in [0.25, 0.3) is 0 Å². The zero-order valence-electron chi connectivity index (χ0n) is 47.6. The normalized spacial score (nSPS) is 14.5. The van der Waals surface area contributed by atoms with Crippen LogP contribution in [0.5, 0.6) is 0 Å². The van der Waals surface area contributed by atoms with Gasteiger partial charge in [0.1, 0.15) is 19.3 Å². The molecule has 71 heavy (non-hydrogen) atoms. The molecule has 0 saturated carbocycles. The van der Waals surface area contributed by atoms with Crippen LogP contribution in [-0.4, -0.2) is 84.6 Å². The number of rotatable bonds is 56. The monoisotopic (exact) mass is 1020 g/mol. The Morgan fingerprint density at radius 2 is 0.803 bits per heavy atom. The van der Waals surface area contributed by atoms with Crippen molar-refractivity contribution in [1.29, 1.82) is 0 Å². The Morgan fingerprint density at radius 3 is 1.20 bits per heavy atom. The van der Waals surface area contributed by atoms with E-state index in [4.69, 9.17) is 9.05 Å². The van der Waals surface area contributed by atoms with E-state index in [1.165, 1.54) is 212 Å². The average Bonchev–Trinajstić information content (AvgIpc) is 3.33. The topological polar surface area (TPSA) is 125 Å². The number of aliphatic hydroxyl groups is 2. The van der Waals surface area contributed by atoms with Gasteiger partial charge in [-0.2, -0.15) is 0 Å². The predicted octanol–water partition coefficient (Wildman–Crippen LogP) is 17.5. The molecule has 0 spiro atoms. The third-order valence-electron chi connectivity index (χ3n) is 13.9. The molecule has 0 aliphatic rings. The highest BCUT2D eigenvalue weighted by Crippen LogP contribution is 2.43. The van der Waals surface area contributed by atoms with Crippen molar-refractivity contribution in [2.75, 3.05) is 40.9 Å². The molecular weight excluding hydrogens is 904 g/mol. The van der Waals surface area contributed by atoms with Gasteiger partial charge in [0, 0.05) is 6.42 Å². The summed E-state index contributed by atoms with van der Waals surface area (Å²) < 4.78 is 23.6. The number of hydrogen-bond acceptors (Lipinski definition) is 6. The van der Waals surface area contributed by atoms with Crippen LogP contribution in [0.3, 0.4) is 0 Å². The van der Waals surface area contributed by atoms with Gasteiger partial charge in [-0.05, 0) is 77.0 Å². The molecule has 0 saturated heterocycles. The third kappa shape index (κ3) is 53.3. The minimum atomic E-state index is -4.43. The first-order valence-corrected chi connectivity index (χ1v) is 31.9. The minimum Gasteiger partial charge on any atom is -0.390 e. The summed E-state index contributed by atoms with van der Waals surface area (Å²) in [4.78, 5) is 23.3. The highest BCUT2D eigenvalue weighted by molar-refractivity contribution is 7.47. The maximum Gasteiger partial charge on any atom is 0.472 e. The fourth-order valence-electron chi connectivity index (χ4n) is 9.10. The molecule has 4 unspecified atom stereocenters. The second-order valence-corrected chi connectivity index (χ2v) is 23.6. The molecule has 4 atom stereocenters. The molecule has 0 radical (unpaired) electrons. The van der Waals surface area contributed by atoms with E-state index >= 15 is 0 Å². The van der Waals surface area contributed by atoms with Gasteiger partial charge in [-0.1, -0.05) is 243 Å². The first kappa shape index (κ1) is 69.7. The first-order valence-electron chi connectivity index (χ1n) is 30.4. The second kappa shape index (κ2) is 52.1. The van der Waals surface area contributed by atoms with Crippen molar-refractivity contribution in [2.45, 2.75) is 308 Å². The average molecular weight is 1020 g/mol. The number of nitrogens with one attached hydrogen (secondary N) is 1. The van der Waals surface area contributed by atoms with E-state index in [9.17, 15) is 24.5 Å². The quantitative estimate of drug-likeness (QED) is 0.0207. The van der Waals surface area contributed by atoms with Crippen LogP contribution in [0, 0.1) is 0 Å². The van der Waals surface area contributed by atoms with E-state index in [0.29, 0.717) is 23.9 Å². The smallest absolute Gasteiger partial charge is 0.390 e. The van der Waals surface area contributed by atoms with Crippen molar-refractivity contribution in [3.05, 3.63) is 36.5 Å². The summed E-state index contributed by atoms with van der Waals surface area (Å²) in [5, 5.41) is 24.8. The molecule has 1 amide bonds. The summed E-state index contributed by atoms with van der Waals surface area (Å²) in [6, 6.07) is -1.05. The molecule has 0 aromatic heterocycles. The fraction of sp³-hybridized carbons (Fsp3) is 0.885. The number of carbonyl (C=O) groups is 1. The number of aliphatic hydroxyl groups excluding tert-OH is 2. The van der Waals surface area contributed by atoms with Gasteiger partial charge >= 0.3 is 7.82 Å². The lowest BCUT2D eigenvalue weighted by atomic mass is 10.0. The van der Waals surface area contributed by atoms with Crippen molar-refractivity contribution < 1.29 is 38.0 Å². The van der Waals surface area contributed by atoms with Crippen LogP contribution in [0.25, 0.3) is 0 Å². The van der Waals surface area contributed by atoms with Gasteiger partial charge in [0.05, 0.1) is 39.9 Å². The molecule has 0 aromatic rings. The maximum atomic E-state index is 13.0. The highest BCUT2D eigenvalue weighted by Gasteiger charge is 2.32. The molecule has 0 bridgehead atoms. The lowest BCUT2D eigenvalue weighted by molar-refractivity contribution is -0.870. The van der Waals surface area contributed by atoms with Gasteiger partial charge < -0.3 is 24.9 Å². The van der Waals surface area contributed by atoms with Crippen LogP contribution in [0.1, 0.15) is 290 Å². The number of quaternary nitrogens is 1. The van der Waals surface area contributed by atoms with Gasteiger partial charge in [0.15, 0.2) is 0 Å². The Bertz CT molecular complexity index is 1270. The summed E-state index contributed by atoms with van der Waals surface area (Å²) in [5.74, 6) is -0.268. The molecule has 0 aliphatic heterocycles. The molecule has 0 fully saturated rings. The Kier molecular flexibility index (Phi) is 51.2. The standard InChI is InChI=1S/C61H119N2O7P/c1-6-8-10-12-14-16-18-20-21-22-23-24-25-26-27-28-29-30-31-32-33-34-35-36-37-38-39-40-41-42-44-46-48-50-52-54-60(65)62-58(57-70-71(67,68)69-56-55-63(3,4)5)61(66)59(64)53-51-49-47-45-43-19-17-15-13-11-9-7-2/h15,17,22-23,45,47,58-59,61,64,66H,6-14,16,18-21,24-44,46,48-57H2,1-5H3,(H-,62,65,67,68)/p+1/b17-15+,23-22-,47-45+. The van der Waals surface area contributed by atoms with Crippen LogP contribution in [-0.2, 0) is 18.4 Å². The number of amides is 1. The molecule has 9 nitrogen and oxygen atoms in total. The maximum absolute atomic E-state index is 13.0. The summed E-state index contributed by atoms with van der Waals surface area (Å²) in [6.45, 7) is 4.57. The highest BCUT2D eigenvalue weighted by atomic mass is 31.2. The van der Waals surface area contributed by atoms with Crippen molar-refractivity contribution in [3.63, 3.8) is 0 Å². The number of hydrogen-bond donors (Lipinski definition) is 4. The molecule has 4 N–H and O–H groups in total. The molecule has 0 heterocycles. The zero-order chi connectivity index (χ0) is 52.2. The Balaban J connectivity index is 4.00. The Hall–Kier alpha value is -1.32. The molecule has 0 aromatic carbocycles. The molecule has 0 rings (SSSR count). The van der Waals surface area contributed by atoms with Crippen molar-refractivity contribution in [2.24, 2.45) is 0 Å². The van der Waals surface area contributed by atoms with Crippen LogP contribution in [0.15, 0.2) is 36.5 Å². The third-order valence-corrected chi connectivity index (χ3v) is 14.9. The van der Waals surface area contributed by atoms with E-state index in [2.05, 4.69) is 55.6 Å². The Morgan fingerprint density at radius 1 is 0.479 bits per heavy atom. The number of nitrogens with zero attached hydrogens (tertiary/aromatic N) is 1. The Labute approximate surface area is 440 Å². The van der Waals surface area contributed by atoms with E-state index in [1.807, 2.05) is 21.1 Å². The SMILES string of the molecule is CCCCC/C=C/CC/C=C/CCCC(O)C(O)C(COP(=O)(O)OCC[N+](C)(C)C)NC(=O)CCCCCCCCCCCCCCCCCCCCCCCCC/C=C\CCCCCCCCCC. The zero-order valence-corrected chi connectivity index (χ0v) is 48.5. The molecule has 420 valence electrons. The lowest BCUT2D eigenvalue weighted by Gasteiger charge is -2.28. The summed E-state index contributed by atoms with van der Waals surface area (Å²) in [6.07, 6.45) is 64.1. The second-order valence-electron chi connectivity index (χ2n) is 22.2. The van der Waals surface area contributed by atoms with Crippen LogP contribution in [0.4, 0.5) is 0 Å². The van der Waals surface area contributed by atoms with E-state index in [-0.39, 0.29) is 18.9 Å².